The first kappa shape index (κ1) is 19.3. The Kier molecular flexibility index (Phi) is 5.07. The van der Waals surface area contributed by atoms with Gasteiger partial charge in [-0.3, -0.25) is 9.69 Å². The van der Waals surface area contributed by atoms with Gasteiger partial charge in [0.2, 0.25) is 15.9 Å². The monoisotopic (exact) mass is 412 g/mol. The minimum Gasteiger partial charge on any atom is -0.342 e. The molecule has 3 fully saturated rings. The van der Waals surface area contributed by atoms with Gasteiger partial charge in [-0.2, -0.15) is 0 Å². The molecule has 1 aromatic rings. The maximum absolute atomic E-state index is 13.6. The molecule has 0 unspecified atom stereocenters. The van der Waals surface area contributed by atoms with E-state index in [1.807, 2.05) is 17.3 Å². The second-order valence-electron chi connectivity index (χ2n) is 8.11. The molecule has 3 saturated heterocycles. The van der Waals surface area contributed by atoms with Crippen LogP contribution >= 0.6 is 11.3 Å². The predicted molar refractivity (Wildman–Crippen MR) is 105 cm³/mol. The molecule has 0 aromatic carbocycles. The quantitative estimate of drug-likeness (QED) is 0.748. The summed E-state index contributed by atoms with van der Waals surface area (Å²) >= 11 is 1.65. The number of aryl methyl sites for hydroxylation is 1. The SMILES string of the molecule is Cc1ncsc1CN1CC[C@H]2N(C)S(=O)(=O)CC[C@]2(C(=O)N2CCCC2)C1. The van der Waals surface area contributed by atoms with Gasteiger partial charge in [0.15, 0.2) is 0 Å². The molecule has 2 atom stereocenters. The fraction of sp³-hybridized carbons (Fsp3) is 0.778. The highest BCUT2D eigenvalue weighted by atomic mass is 32.2. The van der Waals surface area contributed by atoms with Crippen molar-refractivity contribution >= 4 is 27.3 Å². The first-order valence-corrected chi connectivity index (χ1v) is 12.2. The van der Waals surface area contributed by atoms with Crippen LogP contribution in [0.1, 0.15) is 36.3 Å². The van der Waals surface area contributed by atoms with Gasteiger partial charge in [0.25, 0.3) is 0 Å². The summed E-state index contributed by atoms with van der Waals surface area (Å²) in [4.78, 5) is 23.5. The summed E-state index contributed by atoms with van der Waals surface area (Å²) in [6.07, 6.45) is 3.22. The van der Waals surface area contributed by atoms with Gasteiger partial charge >= 0.3 is 0 Å². The number of fused-ring (bicyclic) bond motifs is 1. The molecule has 0 N–H and O–H groups in total. The maximum atomic E-state index is 13.6. The number of hydrogen-bond donors (Lipinski definition) is 0. The van der Waals surface area contributed by atoms with Gasteiger partial charge in [0, 0.05) is 50.7 Å². The second kappa shape index (κ2) is 7.09. The molecule has 27 heavy (non-hydrogen) atoms. The van der Waals surface area contributed by atoms with Gasteiger partial charge in [-0.1, -0.05) is 0 Å². The molecule has 1 amide bonds. The Bertz CT molecular complexity index is 818. The van der Waals surface area contributed by atoms with Crippen LogP contribution in [0, 0.1) is 12.3 Å². The van der Waals surface area contributed by atoms with Crippen LogP contribution in [0.4, 0.5) is 0 Å². The summed E-state index contributed by atoms with van der Waals surface area (Å²) in [5.41, 5.74) is 2.29. The lowest BCUT2D eigenvalue weighted by Crippen LogP contribution is -2.67. The van der Waals surface area contributed by atoms with E-state index in [2.05, 4.69) is 9.88 Å². The largest absolute Gasteiger partial charge is 0.342 e. The number of rotatable bonds is 3. The highest BCUT2D eigenvalue weighted by Crippen LogP contribution is 2.44. The van der Waals surface area contributed by atoms with Gasteiger partial charge in [-0.05, 0) is 32.6 Å². The van der Waals surface area contributed by atoms with Gasteiger partial charge < -0.3 is 4.90 Å². The Morgan fingerprint density at radius 2 is 2.07 bits per heavy atom. The number of hydrogen-bond acceptors (Lipinski definition) is 6. The van der Waals surface area contributed by atoms with Crippen molar-refractivity contribution in [3.8, 4) is 0 Å². The minimum absolute atomic E-state index is 0.0625. The lowest BCUT2D eigenvalue weighted by molar-refractivity contribution is -0.150. The van der Waals surface area contributed by atoms with Gasteiger partial charge in [0.05, 0.1) is 22.4 Å². The number of nitrogens with zero attached hydrogens (tertiary/aromatic N) is 4. The van der Waals surface area contributed by atoms with Crippen molar-refractivity contribution in [2.75, 3.05) is 39.0 Å². The van der Waals surface area contributed by atoms with Crippen LogP contribution in [0.5, 0.6) is 0 Å². The molecule has 150 valence electrons. The van der Waals surface area contributed by atoms with Gasteiger partial charge in [-0.25, -0.2) is 17.7 Å². The molecular formula is C18H28N4O3S2. The van der Waals surface area contributed by atoms with Crippen LogP contribution in [0.2, 0.25) is 0 Å². The van der Waals surface area contributed by atoms with Crippen molar-refractivity contribution < 1.29 is 13.2 Å². The fourth-order valence-corrected chi connectivity index (χ4v) is 7.38. The molecule has 0 radical (unpaired) electrons. The third-order valence-corrected chi connectivity index (χ3v) is 9.35. The highest BCUT2D eigenvalue weighted by Gasteiger charge is 2.57. The van der Waals surface area contributed by atoms with E-state index in [9.17, 15) is 13.2 Å². The van der Waals surface area contributed by atoms with Crippen molar-refractivity contribution in [1.82, 2.24) is 19.1 Å². The van der Waals surface area contributed by atoms with Crippen LogP contribution in [-0.4, -0.2) is 78.4 Å². The summed E-state index contributed by atoms with van der Waals surface area (Å²) in [5.74, 6) is 0.227. The summed E-state index contributed by atoms with van der Waals surface area (Å²) < 4.78 is 26.5. The molecule has 3 aliphatic rings. The van der Waals surface area contributed by atoms with Crippen molar-refractivity contribution in [1.29, 1.82) is 0 Å². The highest BCUT2D eigenvalue weighted by molar-refractivity contribution is 7.89. The van der Waals surface area contributed by atoms with Crippen LogP contribution in [0.25, 0.3) is 0 Å². The Labute approximate surface area is 165 Å². The Morgan fingerprint density at radius 3 is 2.74 bits per heavy atom. The fourth-order valence-electron chi connectivity index (χ4n) is 4.96. The lowest BCUT2D eigenvalue weighted by atomic mass is 9.72. The van der Waals surface area contributed by atoms with E-state index in [0.717, 1.165) is 44.7 Å². The number of thiazole rings is 1. The third kappa shape index (κ3) is 3.32. The second-order valence-corrected chi connectivity index (χ2v) is 11.2. The molecular weight excluding hydrogens is 384 g/mol. The predicted octanol–water partition coefficient (Wildman–Crippen LogP) is 1.30. The molecule has 4 heterocycles. The molecule has 4 rings (SSSR count). The van der Waals surface area contributed by atoms with Crippen molar-refractivity contribution in [3.63, 3.8) is 0 Å². The zero-order valence-corrected chi connectivity index (χ0v) is 17.7. The lowest BCUT2D eigenvalue weighted by Gasteiger charge is -2.53. The smallest absolute Gasteiger partial charge is 0.231 e. The third-order valence-electron chi connectivity index (χ3n) is 6.58. The molecule has 0 spiro atoms. The molecule has 0 aliphatic carbocycles. The summed E-state index contributed by atoms with van der Waals surface area (Å²) in [5, 5.41) is 0. The number of piperidine rings is 1. The van der Waals surface area contributed by atoms with Gasteiger partial charge in [-0.15, -0.1) is 11.3 Å². The number of sulfonamides is 1. The minimum atomic E-state index is -3.27. The van der Waals surface area contributed by atoms with Gasteiger partial charge in [0.1, 0.15) is 0 Å². The molecule has 9 heteroatoms. The maximum Gasteiger partial charge on any atom is 0.231 e. The molecule has 1 aromatic heterocycles. The average Bonchev–Trinajstić information content (AvgIpc) is 3.31. The van der Waals surface area contributed by atoms with Crippen LogP contribution in [-0.2, 0) is 21.4 Å². The van der Waals surface area contributed by atoms with E-state index in [0.29, 0.717) is 19.4 Å². The zero-order chi connectivity index (χ0) is 19.2. The molecule has 0 bridgehead atoms. The molecule has 7 nitrogen and oxygen atoms in total. The summed E-state index contributed by atoms with van der Waals surface area (Å²) in [6, 6.07) is -0.233. The number of amides is 1. The number of carbonyl (C=O) groups excluding carboxylic acids is 1. The summed E-state index contributed by atoms with van der Waals surface area (Å²) in [6.45, 7) is 5.84. The van der Waals surface area contributed by atoms with E-state index >= 15 is 0 Å². The van der Waals surface area contributed by atoms with E-state index in [1.165, 1.54) is 9.18 Å². The molecule has 3 aliphatic heterocycles. The number of aromatic nitrogens is 1. The topological polar surface area (TPSA) is 73.8 Å². The Balaban J connectivity index is 1.64. The normalized spacial score (nSPS) is 31.8. The van der Waals surface area contributed by atoms with Crippen molar-refractivity contribution in [2.45, 2.75) is 45.2 Å². The number of likely N-dealkylation sites (tertiary alicyclic amines) is 2. The first-order chi connectivity index (χ1) is 12.8. The average molecular weight is 413 g/mol. The van der Waals surface area contributed by atoms with E-state index in [4.69, 9.17) is 0 Å². The molecule has 0 saturated carbocycles. The number of carbonyl (C=O) groups is 1. The summed E-state index contributed by atoms with van der Waals surface area (Å²) in [7, 11) is -1.60. The zero-order valence-electron chi connectivity index (χ0n) is 16.1. The Morgan fingerprint density at radius 1 is 1.33 bits per heavy atom. The Hall–Kier alpha value is -1.03. The van der Waals surface area contributed by atoms with E-state index in [1.54, 1.807) is 18.4 Å². The van der Waals surface area contributed by atoms with Crippen LogP contribution in [0.15, 0.2) is 5.51 Å². The van der Waals surface area contributed by atoms with E-state index in [-0.39, 0.29) is 17.7 Å². The van der Waals surface area contributed by atoms with Crippen molar-refractivity contribution in [3.05, 3.63) is 16.1 Å². The van der Waals surface area contributed by atoms with E-state index < -0.39 is 15.4 Å². The standard InChI is InChI=1S/C18H28N4O3S2/c1-14-15(26-13-19-14)11-21-9-5-16-18(12-21,6-10-27(24,25)20(16)2)17(23)22-7-3-4-8-22/h13,16H,3-12H2,1-2H3/t16-,18+/m1/s1. The first-order valence-electron chi connectivity index (χ1n) is 9.70. The van der Waals surface area contributed by atoms with Crippen LogP contribution in [0.3, 0.4) is 0 Å². The van der Waals surface area contributed by atoms with Crippen LogP contribution < -0.4 is 0 Å². The van der Waals surface area contributed by atoms with Crippen molar-refractivity contribution in [2.24, 2.45) is 5.41 Å².